The first-order valence-electron chi connectivity index (χ1n) is 3.39. The van der Waals surface area contributed by atoms with E-state index in [4.69, 9.17) is 10.0 Å². The highest BCUT2D eigenvalue weighted by Crippen LogP contribution is 2.17. The predicted molar refractivity (Wildman–Crippen MR) is 48.0 cm³/mol. The minimum absolute atomic E-state index is 0.110. The molecule has 0 saturated carbocycles. The Morgan fingerprint density at radius 3 is 2.58 bits per heavy atom. The maximum atomic E-state index is 12.7. The normalized spacial score (nSPS) is 10.0. The first-order valence-corrected chi connectivity index (χ1v) is 4.19. The predicted octanol–water partition coefficient (Wildman–Crippen LogP) is 1.14. The van der Waals surface area contributed by atoms with E-state index in [1.54, 1.807) is 0 Å². The smallest absolute Gasteiger partial charge is 0.427 e. The van der Waals surface area contributed by atoms with Crippen LogP contribution in [0.25, 0.3) is 0 Å². The molecule has 2 nitrogen and oxygen atoms in total. The van der Waals surface area contributed by atoms with Crippen molar-refractivity contribution in [2.75, 3.05) is 0 Å². The van der Waals surface area contributed by atoms with Crippen molar-refractivity contribution in [1.29, 1.82) is 0 Å². The van der Waals surface area contributed by atoms with Gasteiger partial charge < -0.3 is 10.0 Å². The Balaban J connectivity index is 2.82. The monoisotopic (exact) mass is 232 g/mol. The minimum atomic E-state index is -1.39. The summed E-state index contributed by atoms with van der Waals surface area (Å²) in [6.45, 7) is 0. The zero-order valence-corrected chi connectivity index (χ0v) is 7.75. The topological polar surface area (TPSA) is 40.5 Å². The summed E-state index contributed by atoms with van der Waals surface area (Å²) in [5.41, 5.74) is 0.679. The highest BCUT2D eigenvalue weighted by molar-refractivity contribution is 9.10. The molecule has 0 radical (unpaired) electrons. The van der Waals surface area contributed by atoms with Crippen LogP contribution in [-0.2, 0) is 6.32 Å². The molecule has 0 spiro atoms. The molecule has 1 rings (SSSR count). The molecule has 5 heteroatoms. The van der Waals surface area contributed by atoms with Crippen LogP contribution in [0, 0.1) is 5.82 Å². The second-order valence-corrected chi connectivity index (χ2v) is 3.29. The van der Waals surface area contributed by atoms with Crippen LogP contribution in [0.15, 0.2) is 22.7 Å². The van der Waals surface area contributed by atoms with Crippen LogP contribution in [0.5, 0.6) is 0 Å². The van der Waals surface area contributed by atoms with Crippen molar-refractivity contribution in [3.63, 3.8) is 0 Å². The third kappa shape index (κ3) is 2.58. The molecule has 0 fully saturated rings. The van der Waals surface area contributed by atoms with Crippen LogP contribution in [0.2, 0.25) is 0 Å². The third-order valence-corrected chi connectivity index (χ3v) is 2.01. The molecule has 0 aromatic heterocycles. The summed E-state index contributed by atoms with van der Waals surface area (Å²) < 4.78 is 13.0. The van der Waals surface area contributed by atoms with Gasteiger partial charge >= 0.3 is 7.12 Å². The summed E-state index contributed by atoms with van der Waals surface area (Å²) in [5.74, 6) is -0.355. The fourth-order valence-corrected chi connectivity index (χ4v) is 1.30. The molecule has 1 aromatic rings. The van der Waals surface area contributed by atoms with E-state index in [1.807, 2.05) is 0 Å². The maximum Gasteiger partial charge on any atom is 0.456 e. The lowest BCUT2D eigenvalue weighted by Crippen LogP contribution is -2.15. The Bertz CT molecular complexity index is 280. The van der Waals surface area contributed by atoms with E-state index in [0.717, 1.165) is 0 Å². The number of benzene rings is 1. The van der Waals surface area contributed by atoms with E-state index in [1.165, 1.54) is 18.2 Å². The van der Waals surface area contributed by atoms with Gasteiger partial charge in [-0.2, -0.15) is 0 Å². The van der Waals surface area contributed by atoms with Crippen LogP contribution in [0.3, 0.4) is 0 Å². The molecule has 2 N–H and O–H groups in total. The minimum Gasteiger partial charge on any atom is -0.427 e. The van der Waals surface area contributed by atoms with Gasteiger partial charge in [-0.25, -0.2) is 4.39 Å². The Kier molecular flexibility index (Phi) is 3.25. The first kappa shape index (κ1) is 9.70. The van der Waals surface area contributed by atoms with Gasteiger partial charge in [0.15, 0.2) is 0 Å². The first-order chi connectivity index (χ1) is 5.59. The van der Waals surface area contributed by atoms with Crippen molar-refractivity contribution < 1.29 is 14.4 Å². The molecule has 64 valence electrons. The highest BCUT2D eigenvalue weighted by Gasteiger charge is 2.09. The van der Waals surface area contributed by atoms with E-state index >= 15 is 0 Å². The Morgan fingerprint density at radius 2 is 2.08 bits per heavy atom. The third-order valence-electron chi connectivity index (χ3n) is 1.40. The zero-order valence-electron chi connectivity index (χ0n) is 6.17. The summed E-state index contributed by atoms with van der Waals surface area (Å²) in [6.07, 6.45) is 0.110. The quantitative estimate of drug-likeness (QED) is 0.752. The molecule has 12 heavy (non-hydrogen) atoms. The lowest BCUT2D eigenvalue weighted by Gasteiger charge is -2.00. The molecule has 0 heterocycles. The molecule has 1 aromatic carbocycles. The fraction of sp³-hybridized carbons (Fsp3) is 0.143. The van der Waals surface area contributed by atoms with Crippen LogP contribution < -0.4 is 0 Å². The zero-order chi connectivity index (χ0) is 9.14. The number of hydrogen-bond donors (Lipinski definition) is 2. The van der Waals surface area contributed by atoms with E-state index in [-0.39, 0.29) is 12.1 Å². The Morgan fingerprint density at radius 1 is 1.42 bits per heavy atom. The van der Waals surface area contributed by atoms with Crippen LogP contribution in [0.4, 0.5) is 4.39 Å². The van der Waals surface area contributed by atoms with Crippen molar-refractivity contribution in [3.05, 3.63) is 34.1 Å². The van der Waals surface area contributed by atoms with Gasteiger partial charge in [0, 0.05) is 6.32 Å². The largest absolute Gasteiger partial charge is 0.456 e. The molecule has 0 amide bonds. The van der Waals surface area contributed by atoms with Crippen LogP contribution >= 0.6 is 15.9 Å². The lowest BCUT2D eigenvalue weighted by atomic mass is 9.82. The number of halogens is 2. The molecule has 0 bridgehead atoms. The van der Waals surface area contributed by atoms with Gasteiger partial charge in [0.25, 0.3) is 0 Å². The van der Waals surface area contributed by atoms with Crippen molar-refractivity contribution in [2.45, 2.75) is 6.32 Å². The summed E-state index contributed by atoms with van der Waals surface area (Å²) in [5, 5.41) is 17.2. The van der Waals surface area contributed by atoms with E-state index in [2.05, 4.69) is 15.9 Å². The highest BCUT2D eigenvalue weighted by atomic mass is 79.9. The van der Waals surface area contributed by atoms with E-state index in [0.29, 0.717) is 10.0 Å². The standard InChI is InChI=1S/C7H7BBrFO2/c9-6-3-5(4-8(11)12)1-2-7(6)10/h1-3,11-12H,4H2. The Labute approximate surface area is 78.3 Å². The number of hydrogen-bond acceptors (Lipinski definition) is 2. The molecular formula is C7H7BBrFO2. The molecule has 0 saturated heterocycles. The molecule has 0 unspecified atom stereocenters. The summed E-state index contributed by atoms with van der Waals surface area (Å²) in [6, 6.07) is 4.32. The Hall–Kier alpha value is -0.385. The van der Waals surface area contributed by atoms with E-state index < -0.39 is 7.12 Å². The van der Waals surface area contributed by atoms with Crippen LogP contribution in [0.1, 0.15) is 5.56 Å². The van der Waals surface area contributed by atoms with Crippen molar-refractivity contribution in [1.82, 2.24) is 0 Å². The average Bonchev–Trinajstić information content (AvgIpc) is 1.96. The van der Waals surface area contributed by atoms with Gasteiger partial charge in [-0.05, 0) is 33.6 Å². The average molecular weight is 233 g/mol. The SMILES string of the molecule is OB(O)Cc1ccc(F)c(Br)c1. The van der Waals surface area contributed by atoms with Gasteiger partial charge in [-0.3, -0.25) is 0 Å². The summed E-state index contributed by atoms with van der Waals surface area (Å²) in [4.78, 5) is 0. The van der Waals surface area contributed by atoms with Gasteiger partial charge in [-0.1, -0.05) is 6.07 Å². The number of rotatable bonds is 2. The van der Waals surface area contributed by atoms with Crippen molar-refractivity contribution in [2.24, 2.45) is 0 Å². The molecule has 0 aliphatic carbocycles. The van der Waals surface area contributed by atoms with Crippen molar-refractivity contribution >= 4 is 23.0 Å². The van der Waals surface area contributed by atoms with E-state index in [9.17, 15) is 4.39 Å². The summed E-state index contributed by atoms with van der Waals surface area (Å²) >= 11 is 3.00. The molecule has 0 aliphatic heterocycles. The van der Waals surface area contributed by atoms with Gasteiger partial charge in [0.05, 0.1) is 4.47 Å². The van der Waals surface area contributed by atoms with Gasteiger partial charge in [0.2, 0.25) is 0 Å². The molecule has 0 aliphatic rings. The second-order valence-electron chi connectivity index (χ2n) is 2.43. The second kappa shape index (κ2) is 4.02. The van der Waals surface area contributed by atoms with Crippen molar-refractivity contribution in [3.8, 4) is 0 Å². The molecule has 0 atom stereocenters. The fourth-order valence-electron chi connectivity index (χ4n) is 0.877. The van der Waals surface area contributed by atoms with Gasteiger partial charge in [0.1, 0.15) is 5.82 Å². The summed E-state index contributed by atoms with van der Waals surface area (Å²) in [7, 11) is -1.39. The lowest BCUT2D eigenvalue weighted by molar-refractivity contribution is 0.405. The molecular weight excluding hydrogens is 226 g/mol. The van der Waals surface area contributed by atoms with Crippen LogP contribution in [-0.4, -0.2) is 17.2 Å². The van der Waals surface area contributed by atoms with Gasteiger partial charge in [-0.15, -0.1) is 0 Å². The maximum absolute atomic E-state index is 12.7.